The van der Waals surface area contributed by atoms with Crippen molar-refractivity contribution < 1.29 is 9.53 Å². The number of likely N-dealkylation sites (N-methyl/N-ethyl adjacent to an activating group) is 1. The largest absolute Gasteiger partial charge is 0.497 e. The number of methoxy groups -OCH3 is 1. The summed E-state index contributed by atoms with van der Waals surface area (Å²) in [6.07, 6.45) is 4.82. The molecular weight excluding hydrogens is 326 g/mol. The van der Waals surface area contributed by atoms with Crippen molar-refractivity contribution in [1.29, 1.82) is 0 Å². The lowest BCUT2D eigenvalue weighted by Gasteiger charge is -2.38. The first-order valence-electron chi connectivity index (χ1n) is 9.94. The van der Waals surface area contributed by atoms with Gasteiger partial charge in [-0.05, 0) is 43.7 Å². The van der Waals surface area contributed by atoms with Crippen molar-refractivity contribution >= 4 is 11.6 Å². The maximum atomic E-state index is 12.7. The summed E-state index contributed by atoms with van der Waals surface area (Å²) in [4.78, 5) is 19.4. The summed E-state index contributed by atoms with van der Waals surface area (Å²) in [5.41, 5.74) is 1.20. The molecule has 5 nitrogen and oxygen atoms in total. The molecule has 0 unspecified atom stereocenters. The highest BCUT2D eigenvalue weighted by Gasteiger charge is 2.27. The summed E-state index contributed by atoms with van der Waals surface area (Å²) >= 11 is 0. The fourth-order valence-corrected chi connectivity index (χ4v) is 4.11. The lowest BCUT2D eigenvalue weighted by molar-refractivity contribution is -0.134. The smallest absolute Gasteiger partial charge is 0.236 e. The Morgan fingerprint density at radius 2 is 1.85 bits per heavy atom. The Kier molecular flexibility index (Phi) is 6.41. The van der Waals surface area contributed by atoms with E-state index in [4.69, 9.17) is 4.74 Å². The summed E-state index contributed by atoms with van der Waals surface area (Å²) in [6, 6.07) is 8.65. The molecule has 0 bridgehead atoms. The summed E-state index contributed by atoms with van der Waals surface area (Å²) in [7, 11) is 3.70. The van der Waals surface area contributed by atoms with Gasteiger partial charge in [-0.1, -0.05) is 13.0 Å². The molecule has 2 fully saturated rings. The number of carbonyl (C=O) groups excluding carboxylic acids is 1. The van der Waals surface area contributed by atoms with Crippen molar-refractivity contribution in [3.05, 3.63) is 24.3 Å². The Labute approximate surface area is 157 Å². The van der Waals surface area contributed by atoms with E-state index in [0.29, 0.717) is 12.6 Å². The van der Waals surface area contributed by atoms with Crippen LogP contribution in [0.15, 0.2) is 24.3 Å². The van der Waals surface area contributed by atoms with Crippen LogP contribution in [0, 0.1) is 5.92 Å². The van der Waals surface area contributed by atoms with Crippen LogP contribution in [0.2, 0.25) is 0 Å². The minimum absolute atomic E-state index is 0.277. The van der Waals surface area contributed by atoms with Crippen molar-refractivity contribution in [3.8, 4) is 5.75 Å². The van der Waals surface area contributed by atoms with Crippen molar-refractivity contribution in [2.45, 2.75) is 38.6 Å². The number of hydrogen-bond donors (Lipinski definition) is 0. The van der Waals surface area contributed by atoms with Crippen LogP contribution in [0.5, 0.6) is 5.75 Å². The number of benzene rings is 1. The highest BCUT2D eigenvalue weighted by Crippen LogP contribution is 2.27. The molecule has 1 aromatic carbocycles. The number of anilines is 1. The number of hydrogen-bond acceptors (Lipinski definition) is 4. The van der Waals surface area contributed by atoms with E-state index in [9.17, 15) is 4.79 Å². The third-order valence-electron chi connectivity index (χ3n) is 6.08. The monoisotopic (exact) mass is 359 g/mol. The quantitative estimate of drug-likeness (QED) is 0.810. The number of rotatable bonds is 5. The second-order valence-electron chi connectivity index (χ2n) is 7.88. The predicted octanol–water partition coefficient (Wildman–Crippen LogP) is 2.85. The molecule has 0 atom stereocenters. The average molecular weight is 360 g/mol. The molecule has 2 aliphatic rings. The van der Waals surface area contributed by atoms with Gasteiger partial charge < -0.3 is 14.5 Å². The Balaban J connectivity index is 1.46. The first-order valence-corrected chi connectivity index (χ1v) is 9.94. The van der Waals surface area contributed by atoms with Crippen LogP contribution in [0.1, 0.15) is 32.6 Å². The van der Waals surface area contributed by atoms with Crippen LogP contribution in [-0.2, 0) is 4.79 Å². The Morgan fingerprint density at radius 1 is 1.15 bits per heavy atom. The second-order valence-corrected chi connectivity index (χ2v) is 7.88. The van der Waals surface area contributed by atoms with Crippen molar-refractivity contribution in [3.63, 3.8) is 0 Å². The van der Waals surface area contributed by atoms with E-state index in [0.717, 1.165) is 50.7 Å². The average Bonchev–Trinajstić information content (AvgIpc) is 2.68. The van der Waals surface area contributed by atoms with Gasteiger partial charge in [0.05, 0.1) is 13.7 Å². The number of amides is 1. The van der Waals surface area contributed by atoms with Gasteiger partial charge in [0.25, 0.3) is 0 Å². The summed E-state index contributed by atoms with van der Waals surface area (Å²) < 4.78 is 5.32. The van der Waals surface area contributed by atoms with Crippen LogP contribution < -0.4 is 9.64 Å². The Bertz CT molecular complexity index is 591. The van der Waals surface area contributed by atoms with Crippen LogP contribution in [0.4, 0.5) is 5.69 Å². The molecule has 1 saturated heterocycles. The summed E-state index contributed by atoms with van der Waals surface area (Å²) in [6.45, 7) is 6.63. The summed E-state index contributed by atoms with van der Waals surface area (Å²) in [5.74, 6) is 1.99. The van der Waals surface area contributed by atoms with E-state index in [1.807, 2.05) is 24.1 Å². The molecule has 1 aliphatic carbocycles. The van der Waals surface area contributed by atoms with Gasteiger partial charge in [0.2, 0.25) is 5.91 Å². The molecule has 1 saturated carbocycles. The SMILES string of the molecule is COc1cccc(N2CCN(CC(=O)N(C)C3CCC(C)CC3)CC2)c1. The first-order chi connectivity index (χ1) is 12.6. The molecule has 3 rings (SSSR count). The van der Waals surface area contributed by atoms with Crippen molar-refractivity contribution in [2.24, 2.45) is 5.92 Å². The highest BCUT2D eigenvalue weighted by atomic mass is 16.5. The minimum Gasteiger partial charge on any atom is -0.497 e. The van der Waals surface area contributed by atoms with E-state index in [1.165, 1.54) is 18.5 Å². The van der Waals surface area contributed by atoms with Gasteiger partial charge in [-0.25, -0.2) is 0 Å². The van der Waals surface area contributed by atoms with Gasteiger partial charge in [-0.2, -0.15) is 0 Å². The third-order valence-corrected chi connectivity index (χ3v) is 6.08. The van der Waals surface area contributed by atoms with Crippen LogP contribution in [-0.4, -0.2) is 68.6 Å². The number of carbonyl (C=O) groups is 1. The lowest BCUT2D eigenvalue weighted by atomic mass is 9.87. The van der Waals surface area contributed by atoms with E-state index in [2.05, 4.69) is 28.9 Å². The topological polar surface area (TPSA) is 36.0 Å². The van der Waals surface area contributed by atoms with Crippen molar-refractivity contribution in [1.82, 2.24) is 9.80 Å². The standard InChI is InChI=1S/C21H33N3O2/c1-17-7-9-18(10-8-17)22(2)21(25)16-23-11-13-24(14-12-23)19-5-4-6-20(15-19)26-3/h4-6,15,17-18H,7-14,16H2,1-3H3. The van der Waals surface area contributed by atoms with Gasteiger partial charge in [0.1, 0.15) is 5.75 Å². The fraction of sp³-hybridized carbons (Fsp3) is 0.667. The molecule has 1 heterocycles. The number of piperazine rings is 1. The highest BCUT2D eigenvalue weighted by molar-refractivity contribution is 5.78. The lowest BCUT2D eigenvalue weighted by Crippen LogP contribution is -2.51. The molecule has 0 aromatic heterocycles. The van der Waals surface area contributed by atoms with E-state index in [-0.39, 0.29) is 5.91 Å². The zero-order valence-electron chi connectivity index (χ0n) is 16.5. The maximum Gasteiger partial charge on any atom is 0.236 e. The molecule has 26 heavy (non-hydrogen) atoms. The molecule has 1 amide bonds. The van der Waals surface area contributed by atoms with Gasteiger partial charge in [-0.3, -0.25) is 9.69 Å². The number of ether oxygens (including phenoxy) is 1. The second kappa shape index (κ2) is 8.76. The first kappa shape index (κ1) is 19.0. The normalized spacial score (nSPS) is 24.3. The minimum atomic E-state index is 0.277. The van der Waals surface area contributed by atoms with Crippen LogP contribution >= 0.6 is 0 Å². The van der Waals surface area contributed by atoms with Crippen LogP contribution in [0.3, 0.4) is 0 Å². The third kappa shape index (κ3) is 4.70. The molecule has 1 aromatic rings. The van der Waals surface area contributed by atoms with Crippen LogP contribution in [0.25, 0.3) is 0 Å². The predicted molar refractivity (Wildman–Crippen MR) is 106 cm³/mol. The summed E-state index contributed by atoms with van der Waals surface area (Å²) in [5, 5.41) is 0. The fourth-order valence-electron chi connectivity index (χ4n) is 4.11. The van der Waals surface area contributed by atoms with Gasteiger partial charge >= 0.3 is 0 Å². The van der Waals surface area contributed by atoms with E-state index in [1.54, 1.807) is 7.11 Å². The Hall–Kier alpha value is -1.75. The zero-order valence-corrected chi connectivity index (χ0v) is 16.5. The molecule has 0 radical (unpaired) electrons. The zero-order chi connectivity index (χ0) is 18.5. The molecular formula is C21H33N3O2. The molecule has 0 N–H and O–H groups in total. The molecule has 0 spiro atoms. The van der Waals surface area contributed by atoms with Gasteiger partial charge in [0, 0.05) is 51.0 Å². The molecule has 144 valence electrons. The van der Waals surface area contributed by atoms with Gasteiger partial charge in [-0.15, -0.1) is 0 Å². The maximum absolute atomic E-state index is 12.7. The number of nitrogens with zero attached hydrogens (tertiary/aromatic N) is 3. The van der Waals surface area contributed by atoms with Gasteiger partial charge in [0.15, 0.2) is 0 Å². The molecule has 5 heteroatoms. The van der Waals surface area contributed by atoms with Crippen molar-refractivity contribution in [2.75, 3.05) is 51.8 Å². The van der Waals surface area contributed by atoms with E-state index < -0.39 is 0 Å². The van der Waals surface area contributed by atoms with E-state index >= 15 is 0 Å². The Morgan fingerprint density at radius 3 is 2.50 bits per heavy atom. The molecule has 1 aliphatic heterocycles.